The van der Waals surface area contributed by atoms with Crippen LogP contribution in [0.15, 0.2) is 48.5 Å². The summed E-state index contributed by atoms with van der Waals surface area (Å²) in [7, 11) is 0. The van der Waals surface area contributed by atoms with Crippen LogP contribution in [-0.2, 0) is 4.79 Å². The summed E-state index contributed by atoms with van der Waals surface area (Å²) in [5.41, 5.74) is 1.40. The van der Waals surface area contributed by atoms with Gasteiger partial charge in [-0.1, -0.05) is 80.4 Å². The van der Waals surface area contributed by atoms with E-state index >= 15 is 0 Å². The van der Waals surface area contributed by atoms with Crippen molar-refractivity contribution in [2.75, 3.05) is 0 Å². The van der Waals surface area contributed by atoms with Crippen LogP contribution in [0.25, 0.3) is 0 Å². The Labute approximate surface area is 135 Å². The van der Waals surface area contributed by atoms with Crippen LogP contribution in [0.5, 0.6) is 0 Å². The van der Waals surface area contributed by atoms with Crippen molar-refractivity contribution in [3.8, 4) is 0 Å². The fourth-order valence-electron chi connectivity index (χ4n) is 2.27. The molecule has 0 spiro atoms. The van der Waals surface area contributed by atoms with Gasteiger partial charge in [-0.15, -0.1) is 0 Å². The first-order valence-electron chi connectivity index (χ1n) is 6.85. The first kappa shape index (κ1) is 16.1. The highest BCUT2D eigenvalue weighted by molar-refractivity contribution is 6.42. The fraction of sp³-hybridized carbons (Fsp3) is 0.278. The van der Waals surface area contributed by atoms with Crippen LogP contribution in [0.4, 0.5) is 0 Å². The van der Waals surface area contributed by atoms with Crippen molar-refractivity contribution < 1.29 is 4.79 Å². The molecule has 0 amide bonds. The van der Waals surface area contributed by atoms with Gasteiger partial charge in [0.05, 0.1) is 16.0 Å². The van der Waals surface area contributed by atoms with Crippen LogP contribution in [0.3, 0.4) is 0 Å². The van der Waals surface area contributed by atoms with Gasteiger partial charge in [-0.3, -0.25) is 4.79 Å². The minimum atomic E-state index is -0.438. The van der Waals surface area contributed by atoms with Crippen LogP contribution in [0.1, 0.15) is 37.8 Å². The van der Waals surface area contributed by atoms with E-state index in [4.69, 9.17) is 23.2 Å². The smallest absolute Gasteiger partial charge is 0.150 e. The summed E-state index contributed by atoms with van der Waals surface area (Å²) in [6.07, 6.45) is 0. The Kier molecular flexibility index (Phi) is 4.75. The maximum Gasteiger partial charge on any atom is 0.150 e. The molecule has 2 aromatic carbocycles. The molecule has 0 bridgehead atoms. The van der Waals surface area contributed by atoms with Crippen molar-refractivity contribution in [2.45, 2.75) is 26.7 Å². The molecule has 110 valence electrons. The summed E-state index contributed by atoms with van der Waals surface area (Å²) >= 11 is 12.1. The van der Waals surface area contributed by atoms with Gasteiger partial charge in [-0.25, -0.2) is 0 Å². The highest BCUT2D eigenvalue weighted by atomic mass is 35.5. The van der Waals surface area contributed by atoms with E-state index in [2.05, 4.69) is 0 Å². The zero-order chi connectivity index (χ0) is 15.6. The molecule has 2 aromatic rings. The molecule has 1 nitrogen and oxygen atoms in total. The van der Waals surface area contributed by atoms with Crippen molar-refractivity contribution in [1.82, 2.24) is 0 Å². The number of hydrogen-bond acceptors (Lipinski definition) is 1. The molecular weight excluding hydrogens is 303 g/mol. The number of rotatable bonds is 3. The summed E-state index contributed by atoms with van der Waals surface area (Å²) < 4.78 is 0. The van der Waals surface area contributed by atoms with E-state index in [9.17, 15) is 4.79 Å². The molecule has 21 heavy (non-hydrogen) atoms. The Morgan fingerprint density at radius 1 is 0.905 bits per heavy atom. The number of carbonyl (C=O) groups is 1. The average Bonchev–Trinajstić information content (AvgIpc) is 2.43. The van der Waals surface area contributed by atoms with Crippen molar-refractivity contribution in [3.63, 3.8) is 0 Å². The third-order valence-electron chi connectivity index (χ3n) is 3.41. The summed E-state index contributed by atoms with van der Waals surface area (Å²) in [5, 5.41) is 0.965. The maximum absolute atomic E-state index is 12.9. The zero-order valence-corrected chi connectivity index (χ0v) is 13.9. The number of carbonyl (C=O) groups excluding carboxylic acids is 1. The summed E-state index contributed by atoms with van der Waals surface area (Å²) in [6.45, 7) is 5.80. The van der Waals surface area contributed by atoms with Crippen molar-refractivity contribution in [3.05, 3.63) is 69.7 Å². The van der Waals surface area contributed by atoms with Gasteiger partial charge < -0.3 is 0 Å². The molecule has 0 aliphatic heterocycles. The highest BCUT2D eigenvalue weighted by Gasteiger charge is 2.32. The van der Waals surface area contributed by atoms with Crippen molar-refractivity contribution >= 4 is 29.0 Å². The van der Waals surface area contributed by atoms with Gasteiger partial charge in [0, 0.05) is 5.41 Å². The standard InChI is InChI=1S/C18H18Cl2O/c1-18(2,3)17(21)16(12-7-5-4-6-8-12)13-9-10-14(19)15(20)11-13/h4-11,16H,1-3H3. The fourth-order valence-corrected chi connectivity index (χ4v) is 2.57. The van der Waals surface area contributed by atoms with Gasteiger partial charge in [-0.2, -0.15) is 0 Å². The van der Waals surface area contributed by atoms with E-state index < -0.39 is 5.41 Å². The Hall–Kier alpha value is -1.31. The lowest BCUT2D eigenvalue weighted by Crippen LogP contribution is -2.27. The second-order valence-electron chi connectivity index (χ2n) is 6.13. The lowest BCUT2D eigenvalue weighted by Gasteiger charge is -2.25. The Bertz CT molecular complexity index is 642. The summed E-state index contributed by atoms with van der Waals surface area (Å²) in [6, 6.07) is 15.2. The molecule has 1 unspecified atom stereocenters. The quantitative estimate of drug-likeness (QED) is 0.704. The third kappa shape index (κ3) is 3.66. The minimum absolute atomic E-state index is 0.159. The van der Waals surface area contributed by atoms with E-state index in [1.807, 2.05) is 57.2 Å². The molecule has 0 heterocycles. The molecular formula is C18H18Cl2O. The Morgan fingerprint density at radius 3 is 2.05 bits per heavy atom. The third-order valence-corrected chi connectivity index (χ3v) is 4.15. The molecule has 1 atom stereocenters. The molecule has 0 saturated carbocycles. The molecule has 0 aliphatic carbocycles. The number of ketones is 1. The van der Waals surface area contributed by atoms with E-state index in [1.165, 1.54) is 0 Å². The first-order chi connectivity index (χ1) is 9.80. The first-order valence-corrected chi connectivity index (χ1v) is 7.60. The molecule has 2 rings (SSSR count). The predicted octanol–water partition coefficient (Wildman–Crippen LogP) is 5.74. The zero-order valence-electron chi connectivity index (χ0n) is 12.4. The van der Waals surface area contributed by atoms with Crippen LogP contribution in [-0.4, -0.2) is 5.78 Å². The van der Waals surface area contributed by atoms with E-state index in [0.29, 0.717) is 10.0 Å². The van der Waals surface area contributed by atoms with Crippen LogP contribution in [0.2, 0.25) is 10.0 Å². The minimum Gasteiger partial charge on any atom is -0.298 e. The number of Topliss-reactive ketones (excluding diaryl/α,β-unsaturated/α-hetero) is 1. The molecule has 0 radical (unpaired) electrons. The molecule has 0 N–H and O–H groups in total. The number of benzene rings is 2. The highest BCUT2D eigenvalue weighted by Crippen LogP contribution is 2.35. The lowest BCUT2D eigenvalue weighted by atomic mass is 9.77. The van der Waals surface area contributed by atoms with Crippen LogP contribution < -0.4 is 0 Å². The number of halogens is 2. The van der Waals surface area contributed by atoms with Crippen molar-refractivity contribution in [2.24, 2.45) is 5.41 Å². The van der Waals surface area contributed by atoms with Gasteiger partial charge in [0.25, 0.3) is 0 Å². The molecule has 0 saturated heterocycles. The van der Waals surface area contributed by atoms with Gasteiger partial charge in [0.2, 0.25) is 0 Å². The molecule has 0 fully saturated rings. The largest absolute Gasteiger partial charge is 0.298 e. The topological polar surface area (TPSA) is 17.1 Å². The molecule has 0 aromatic heterocycles. The number of hydrogen-bond donors (Lipinski definition) is 0. The van der Waals surface area contributed by atoms with E-state index in [1.54, 1.807) is 12.1 Å². The van der Waals surface area contributed by atoms with Gasteiger partial charge in [0.1, 0.15) is 5.78 Å². The van der Waals surface area contributed by atoms with E-state index in [-0.39, 0.29) is 11.7 Å². The van der Waals surface area contributed by atoms with Gasteiger partial charge in [-0.05, 0) is 23.3 Å². The molecule has 0 aliphatic rings. The maximum atomic E-state index is 12.9. The van der Waals surface area contributed by atoms with Crippen LogP contribution in [0, 0.1) is 5.41 Å². The van der Waals surface area contributed by atoms with E-state index in [0.717, 1.165) is 11.1 Å². The Balaban J connectivity index is 2.56. The second kappa shape index (κ2) is 6.21. The summed E-state index contributed by atoms with van der Waals surface area (Å²) in [4.78, 5) is 12.9. The Morgan fingerprint density at radius 2 is 1.52 bits per heavy atom. The summed E-state index contributed by atoms with van der Waals surface area (Å²) in [5.74, 6) is -0.173. The molecule has 3 heteroatoms. The SMILES string of the molecule is CC(C)(C)C(=O)C(c1ccccc1)c1ccc(Cl)c(Cl)c1. The van der Waals surface area contributed by atoms with Crippen LogP contribution >= 0.6 is 23.2 Å². The lowest BCUT2D eigenvalue weighted by molar-refractivity contribution is -0.126. The monoisotopic (exact) mass is 320 g/mol. The van der Waals surface area contributed by atoms with Crippen molar-refractivity contribution in [1.29, 1.82) is 0 Å². The predicted molar refractivity (Wildman–Crippen MR) is 89.2 cm³/mol. The normalized spacial score (nSPS) is 13.0. The second-order valence-corrected chi connectivity index (χ2v) is 6.95. The van der Waals surface area contributed by atoms with Gasteiger partial charge >= 0.3 is 0 Å². The van der Waals surface area contributed by atoms with Gasteiger partial charge in [0.15, 0.2) is 0 Å². The average molecular weight is 321 g/mol.